The standard InChI is InChI=1S/C13H19ClN2O/c1-17-13-4-2-3-12(13)16-8-9-5-6-11(15)10(14)7-9/h5-7,12-13,16H,2-4,8,15H2,1H3. The molecule has 0 spiro atoms. The lowest BCUT2D eigenvalue weighted by molar-refractivity contribution is 0.0847. The minimum Gasteiger partial charge on any atom is -0.398 e. The Kier molecular flexibility index (Phi) is 4.26. The summed E-state index contributed by atoms with van der Waals surface area (Å²) in [7, 11) is 1.78. The molecule has 94 valence electrons. The summed E-state index contributed by atoms with van der Waals surface area (Å²) >= 11 is 5.99. The van der Waals surface area contributed by atoms with Crippen molar-refractivity contribution in [2.45, 2.75) is 38.0 Å². The maximum Gasteiger partial charge on any atom is 0.0724 e. The first-order chi connectivity index (χ1) is 8.20. The van der Waals surface area contributed by atoms with Crippen molar-refractivity contribution in [2.24, 2.45) is 0 Å². The summed E-state index contributed by atoms with van der Waals surface area (Å²) in [5.74, 6) is 0. The van der Waals surface area contributed by atoms with E-state index in [-0.39, 0.29) is 0 Å². The van der Waals surface area contributed by atoms with Gasteiger partial charge in [-0.1, -0.05) is 17.7 Å². The van der Waals surface area contributed by atoms with Gasteiger partial charge >= 0.3 is 0 Å². The van der Waals surface area contributed by atoms with E-state index in [1.807, 2.05) is 18.2 Å². The van der Waals surface area contributed by atoms with Crippen molar-refractivity contribution in [1.29, 1.82) is 0 Å². The molecule has 0 saturated heterocycles. The fourth-order valence-corrected chi connectivity index (χ4v) is 2.57. The number of rotatable bonds is 4. The topological polar surface area (TPSA) is 47.3 Å². The van der Waals surface area contributed by atoms with Crippen molar-refractivity contribution in [3.63, 3.8) is 0 Å². The fourth-order valence-electron chi connectivity index (χ4n) is 2.37. The van der Waals surface area contributed by atoms with E-state index in [0.29, 0.717) is 22.9 Å². The number of methoxy groups -OCH3 is 1. The number of nitrogen functional groups attached to an aromatic ring is 1. The molecule has 1 aromatic carbocycles. The second kappa shape index (κ2) is 5.71. The molecule has 0 heterocycles. The number of anilines is 1. The zero-order valence-electron chi connectivity index (χ0n) is 10.1. The van der Waals surface area contributed by atoms with Crippen LogP contribution in [0.3, 0.4) is 0 Å². The molecule has 1 saturated carbocycles. The molecule has 2 unspecified atom stereocenters. The Morgan fingerprint density at radius 3 is 3.00 bits per heavy atom. The van der Waals surface area contributed by atoms with Crippen LogP contribution in [0.4, 0.5) is 5.69 Å². The molecule has 1 fully saturated rings. The van der Waals surface area contributed by atoms with Gasteiger partial charge in [-0.05, 0) is 37.0 Å². The van der Waals surface area contributed by atoms with Crippen molar-refractivity contribution in [1.82, 2.24) is 5.32 Å². The second-order valence-corrected chi connectivity index (χ2v) is 4.96. The van der Waals surface area contributed by atoms with E-state index in [1.165, 1.54) is 12.8 Å². The summed E-state index contributed by atoms with van der Waals surface area (Å²) in [6, 6.07) is 6.23. The third kappa shape index (κ3) is 3.12. The first kappa shape index (κ1) is 12.7. The van der Waals surface area contributed by atoms with E-state index < -0.39 is 0 Å². The molecule has 1 aromatic rings. The maximum atomic E-state index is 5.99. The highest BCUT2D eigenvalue weighted by atomic mass is 35.5. The quantitative estimate of drug-likeness (QED) is 0.812. The predicted molar refractivity (Wildman–Crippen MR) is 71.1 cm³/mol. The summed E-state index contributed by atoms with van der Waals surface area (Å²) in [5, 5.41) is 4.15. The predicted octanol–water partition coefficient (Wildman–Crippen LogP) is 2.58. The molecule has 0 amide bonds. The number of halogens is 1. The lowest BCUT2D eigenvalue weighted by atomic mass is 10.1. The third-order valence-electron chi connectivity index (χ3n) is 3.39. The van der Waals surface area contributed by atoms with E-state index in [1.54, 1.807) is 7.11 Å². The van der Waals surface area contributed by atoms with Gasteiger partial charge in [0.15, 0.2) is 0 Å². The van der Waals surface area contributed by atoms with Gasteiger partial charge < -0.3 is 15.8 Å². The van der Waals surface area contributed by atoms with E-state index in [9.17, 15) is 0 Å². The Hall–Kier alpha value is -0.770. The zero-order valence-corrected chi connectivity index (χ0v) is 10.8. The lowest BCUT2D eigenvalue weighted by Crippen LogP contribution is -2.36. The molecule has 1 aliphatic carbocycles. The Labute approximate surface area is 107 Å². The summed E-state index contributed by atoms with van der Waals surface area (Å²) < 4.78 is 5.45. The zero-order chi connectivity index (χ0) is 12.3. The number of hydrogen-bond acceptors (Lipinski definition) is 3. The molecular formula is C13H19ClN2O. The smallest absolute Gasteiger partial charge is 0.0724 e. The van der Waals surface area contributed by atoms with E-state index in [0.717, 1.165) is 18.5 Å². The van der Waals surface area contributed by atoms with Gasteiger partial charge in [0, 0.05) is 19.7 Å². The lowest BCUT2D eigenvalue weighted by Gasteiger charge is -2.19. The van der Waals surface area contributed by atoms with Crippen LogP contribution in [0.2, 0.25) is 5.02 Å². The van der Waals surface area contributed by atoms with Crippen LogP contribution in [0.1, 0.15) is 24.8 Å². The van der Waals surface area contributed by atoms with Crippen LogP contribution in [0, 0.1) is 0 Å². The molecule has 0 bridgehead atoms. The maximum absolute atomic E-state index is 5.99. The highest BCUT2D eigenvalue weighted by Crippen LogP contribution is 2.23. The molecule has 0 radical (unpaired) electrons. The van der Waals surface area contributed by atoms with Gasteiger partial charge in [-0.3, -0.25) is 0 Å². The van der Waals surface area contributed by atoms with Gasteiger partial charge in [-0.25, -0.2) is 0 Å². The highest BCUT2D eigenvalue weighted by molar-refractivity contribution is 6.33. The van der Waals surface area contributed by atoms with Crippen molar-refractivity contribution >= 4 is 17.3 Å². The van der Waals surface area contributed by atoms with Crippen LogP contribution in [0.25, 0.3) is 0 Å². The van der Waals surface area contributed by atoms with E-state index in [4.69, 9.17) is 22.1 Å². The molecule has 3 N–H and O–H groups in total. The van der Waals surface area contributed by atoms with E-state index in [2.05, 4.69) is 5.32 Å². The monoisotopic (exact) mass is 254 g/mol. The first-order valence-electron chi connectivity index (χ1n) is 6.01. The van der Waals surface area contributed by atoms with Gasteiger partial charge in [-0.15, -0.1) is 0 Å². The second-order valence-electron chi connectivity index (χ2n) is 4.55. The molecular weight excluding hydrogens is 236 g/mol. The summed E-state index contributed by atoms with van der Waals surface area (Å²) in [4.78, 5) is 0. The third-order valence-corrected chi connectivity index (χ3v) is 3.72. The van der Waals surface area contributed by atoms with Crippen LogP contribution in [0.5, 0.6) is 0 Å². The summed E-state index contributed by atoms with van der Waals surface area (Å²) in [5.41, 5.74) is 7.47. The Bertz CT molecular complexity index is 384. The largest absolute Gasteiger partial charge is 0.398 e. The average molecular weight is 255 g/mol. The number of nitrogens with one attached hydrogen (secondary N) is 1. The molecule has 1 aliphatic rings. The summed E-state index contributed by atoms with van der Waals surface area (Å²) in [6.45, 7) is 0.810. The first-order valence-corrected chi connectivity index (χ1v) is 6.38. The molecule has 17 heavy (non-hydrogen) atoms. The molecule has 0 aromatic heterocycles. The normalized spacial score (nSPS) is 24.1. The Balaban J connectivity index is 1.91. The SMILES string of the molecule is COC1CCCC1NCc1ccc(N)c(Cl)c1. The molecule has 2 rings (SSSR count). The van der Waals surface area contributed by atoms with Crippen molar-refractivity contribution < 1.29 is 4.74 Å². The van der Waals surface area contributed by atoms with Crippen LogP contribution >= 0.6 is 11.6 Å². The Morgan fingerprint density at radius 2 is 2.29 bits per heavy atom. The summed E-state index contributed by atoms with van der Waals surface area (Å²) in [6.07, 6.45) is 3.91. The average Bonchev–Trinajstić information content (AvgIpc) is 2.78. The number of nitrogens with two attached hydrogens (primary N) is 1. The van der Waals surface area contributed by atoms with Crippen molar-refractivity contribution in [3.8, 4) is 0 Å². The molecule has 3 nitrogen and oxygen atoms in total. The van der Waals surface area contributed by atoms with Gasteiger partial charge in [0.2, 0.25) is 0 Å². The molecule has 4 heteroatoms. The van der Waals surface area contributed by atoms with Gasteiger partial charge in [0.1, 0.15) is 0 Å². The molecule has 0 aliphatic heterocycles. The Morgan fingerprint density at radius 1 is 1.47 bits per heavy atom. The van der Waals surface area contributed by atoms with Crippen LogP contribution in [-0.4, -0.2) is 19.3 Å². The van der Waals surface area contributed by atoms with Crippen molar-refractivity contribution in [3.05, 3.63) is 28.8 Å². The number of ether oxygens (including phenoxy) is 1. The van der Waals surface area contributed by atoms with Crippen LogP contribution < -0.4 is 11.1 Å². The van der Waals surface area contributed by atoms with Crippen LogP contribution in [-0.2, 0) is 11.3 Å². The minimum absolute atomic E-state index is 0.347. The molecule has 2 atom stereocenters. The van der Waals surface area contributed by atoms with Gasteiger partial charge in [-0.2, -0.15) is 0 Å². The van der Waals surface area contributed by atoms with Gasteiger partial charge in [0.05, 0.1) is 16.8 Å². The van der Waals surface area contributed by atoms with Crippen molar-refractivity contribution in [2.75, 3.05) is 12.8 Å². The minimum atomic E-state index is 0.347. The van der Waals surface area contributed by atoms with Crippen LogP contribution in [0.15, 0.2) is 18.2 Å². The number of hydrogen-bond donors (Lipinski definition) is 2. The number of benzene rings is 1. The van der Waals surface area contributed by atoms with E-state index >= 15 is 0 Å². The van der Waals surface area contributed by atoms with Gasteiger partial charge in [0.25, 0.3) is 0 Å². The fraction of sp³-hybridized carbons (Fsp3) is 0.538. The highest BCUT2D eigenvalue weighted by Gasteiger charge is 2.26.